The lowest BCUT2D eigenvalue weighted by atomic mass is 9.91. The molecule has 24 heavy (non-hydrogen) atoms. The summed E-state index contributed by atoms with van der Waals surface area (Å²) in [5.74, 6) is 0.124. The van der Waals surface area contributed by atoms with E-state index in [1.54, 1.807) is 4.31 Å². The second kappa shape index (κ2) is 7.45. The molecule has 0 atom stereocenters. The van der Waals surface area contributed by atoms with Gasteiger partial charge >= 0.3 is 0 Å². The molecule has 0 aromatic heterocycles. The van der Waals surface area contributed by atoms with Crippen LogP contribution >= 0.6 is 0 Å². The summed E-state index contributed by atoms with van der Waals surface area (Å²) in [4.78, 5) is 0. The Morgan fingerprint density at radius 2 is 1.54 bits per heavy atom. The molecule has 2 aromatic rings. The Hall–Kier alpha value is -1.72. The fourth-order valence-electron chi connectivity index (χ4n) is 3.22. The zero-order chi connectivity index (χ0) is 17.0. The molecule has 3 rings (SSSR count). The number of hydrogen-bond donors (Lipinski definition) is 0. The van der Waals surface area contributed by atoms with Crippen molar-refractivity contribution < 1.29 is 12.8 Å². The fourth-order valence-corrected chi connectivity index (χ4v) is 4.78. The summed E-state index contributed by atoms with van der Waals surface area (Å²) in [7, 11) is -3.33. The van der Waals surface area contributed by atoms with Crippen molar-refractivity contribution in [3.05, 3.63) is 71.5 Å². The molecule has 1 saturated heterocycles. The van der Waals surface area contributed by atoms with Gasteiger partial charge in [-0.2, -0.15) is 0 Å². The quantitative estimate of drug-likeness (QED) is 0.828. The molecule has 2 aromatic carbocycles. The summed E-state index contributed by atoms with van der Waals surface area (Å²) in [5.41, 5.74) is 1.94. The normalized spacial score (nSPS) is 17.0. The summed E-state index contributed by atoms with van der Waals surface area (Å²) < 4.78 is 39.6. The van der Waals surface area contributed by atoms with E-state index < -0.39 is 10.0 Å². The van der Waals surface area contributed by atoms with Gasteiger partial charge in [-0.3, -0.25) is 0 Å². The van der Waals surface area contributed by atoms with Gasteiger partial charge < -0.3 is 0 Å². The molecular formula is C19H22FNO2S. The first-order valence-corrected chi connectivity index (χ1v) is 9.90. The number of benzene rings is 2. The number of halogens is 1. The van der Waals surface area contributed by atoms with Crippen LogP contribution in [-0.2, 0) is 22.2 Å². The van der Waals surface area contributed by atoms with Gasteiger partial charge in [0.05, 0.1) is 5.75 Å². The molecule has 1 fully saturated rings. The van der Waals surface area contributed by atoms with Gasteiger partial charge in [-0.25, -0.2) is 17.1 Å². The average molecular weight is 347 g/mol. The SMILES string of the molecule is O=S(=O)(Cc1ccc(F)cc1)N1CCC(Cc2ccccc2)CC1. The summed E-state index contributed by atoms with van der Waals surface area (Å²) in [5, 5.41) is 0. The van der Waals surface area contributed by atoms with E-state index in [4.69, 9.17) is 0 Å². The largest absolute Gasteiger partial charge is 0.218 e. The van der Waals surface area contributed by atoms with Gasteiger partial charge in [0.25, 0.3) is 0 Å². The third-order valence-corrected chi connectivity index (χ3v) is 6.45. The predicted octanol–water partition coefficient (Wildman–Crippen LogP) is 3.61. The molecule has 0 saturated carbocycles. The molecule has 1 aliphatic heterocycles. The van der Waals surface area contributed by atoms with Crippen molar-refractivity contribution in [2.24, 2.45) is 5.92 Å². The van der Waals surface area contributed by atoms with Crippen LogP contribution in [0, 0.1) is 11.7 Å². The van der Waals surface area contributed by atoms with Crippen LogP contribution in [0.15, 0.2) is 54.6 Å². The van der Waals surface area contributed by atoms with E-state index in [-0.39, 0.29) is 11.6 Å². The first-order valence-electron chi connectivity index (χ1n) is 8.29. The Kier molecular flexibility index (Phi) is 5.31. The number of hydrogen-bond acceptors (Lipinski definition) is 2. The maximum atomic E-state index is 12.9. The van der Waals surface area contributed by atoms with Crippen LogP contribution in [0.25, 0.3) is 0 Å². The van der Waals surface area contributed by atoms with E-state index in [0.717, 1.165) is 19.3 Å². The number of sulfonamides is 1. The van der Waals surface area contributed by atoms with E-state index >= 15 is 0 Å². The molecule has 3 nitrogen and oxygen atoms in total. The van der Waals surface area contributed by atoms with Crippen LogP contribution in [-0.4, -0.2) is 25.8 Å². The molecule has 1 heterocycles. The van der Waals surface area contributed by atoms with E-state index in [9.17, 15) is 12.8 Å². The lowest BCUT2D eigenvalue weighted by Crippen LogP contribution is -2.39. The highest BCUT2D eigenvalue weighted by Crippen LogP contribution is 2.24. The van der Waals surface area contributed by atoms with Gasteiger partial charge in [0.15, 0.2) is 0 Å². The van der Waals surface area contributed by atoms with Crippen LogP contribution in [0.2, 0.25) is 0 Å². The highest BCUT2D eigenvalue weighted by Gasteiger charge is 2.28. The van der Waals surface area contributed by atoms with Crippen molar-refractivity contribution in [2.75, 3.05) is 13.1 Å². The summed E-state index contributed by atoms with van der Waals surface area (Å²) in [6.45, 7) is 1.14. The topological polar surface area (TPSA) is 37.4 Å². The third kappa shape index (κ3) is 4.42. The highest BCUT2D eigenvalue weighted by atomic mass is 32.2. The highest BCUT2D eigenvalue weighted by molar-refractivity contribution is 7.88. The number of nitrogens with zero attached hydrogens (tertiary/aromatic N) is 1. The summed E-state index contributed by atoms with van der Waals surface area (Å²) in [6.07, 6.45) is 2.78. The second-order valence-corrected chi connectivity index (χ2v) is 8.38. The van der Waals surface area contributed by atoms with E-state index in [1.165, 1.54) is 29.8 Å². The monoisotopic (exact) mass is 347 g/mol. The standard InChI is InChI=1S/C19H22FNO2S/c20-19-8-6-18(7-9-19)15-24(22,23)21-12-10-17(11-13-21)14-16-4-2-1-3-5-16/h1-9,17H,10-15H2. The molecule has 5 heteroatoms. The van der Waals surface area contributed by atoms with Gasteiger partial charge in [0, 0.05) is 13.1 Å². The molecule has 0 aliphatic carbocycles. The van der Waals surface area contributed by atoms with Crippen LogP contribution in [0.4, 0.5) is 4.39 Å². The minimum atomic E-state index is -3.33. The van der Waals surface area contributed by atoms with Crippen molar-refractivity contribution in [3.8, 4) is 0 Å². The summed E-state index contributed by atoms with van der Waals surface area (Å²) in [6, 6.07) is 16.0. The van der Waals surface area contributed by atoms with Crippen LogP contribution in [0.3, 0.4) is 0 Å². The molecule has 1 aliphatic rings. The number of piperidine rings is 1. The van der Waals surface area contributed by atoms with Crippen LogP contribution < -0.4 is 0 Å². The van der Waals surface area contributed by atoms with Crippen molar-refractivity contribution in [1.82, 2.24) is 4.31 Å². The Morgan fingerprint density at radius 1 is 0.917 bits per heavy atom. The van der Waals surface area contributed by atoms with Crippen LogP contribution in [0.5, 0.6) is 0 Å². The summed E-state index contributed by atoms with van der Waals surface area (Å²) >= 11 is 0. The molecule has 0 spiro atoms. The lowest BCUT2D eigenvalue weighted by molar-refractivity contribution is 0.272. The van der Waals surface area contributed by atoms with E-state index in [2.05, 4.69) is 12.1 Å². The molecule has 0 N–H and O–H groups in total. The van der Waals surface area contributed by atoms with Gasteiger partial charge in [-0.05, 0) is 48.4 Å². The van der Waals surface area contributed by atoms with Gasteiger partial charge in [-0.15, -0.1) is 0 Å². The maximum absolute atomic E-state index is 12.9. The van der Waals surface area contributed by atoms with Crippen molar-refractivity contribution in [3.63, 3.8) is 0 Å². The molecular weight excluding hydrogens is 325 g/mol. The van der Waals surface area contributed by atoms with Crippen molar-refractivity contribution in [1.29, 1.82) is 0 Å². The fraction of sp³-hybridized carbons (Fsp3) is 0.368. The minimum Gasteiger partial charge on any atom is -0.212 e. The van der Waals surface area contributed by atoms with Gasteiger partial charge in [0.2, 0.25) is 10.0 Å². The molecule has 0 bridgehead atoms. The van der Waals surface area contributed by atoms with E-state index in [1.807, 2.05) is 18.2 Å². The first kappa shape index (κ1) is 17.1. The second-order valence-electron chi connectivity index (χ2n) is 6.41. The predicted molar refractivity (Wildman–Crippen MR) is 93.5 cm³/mol. The Balaban J connectivity index is 1.56. The van der Waals surface area contributed by atoms with Gasteiger partial charge in [0.1, 0.15) is 5.82 Å². The Morgan fingerprint density at radius 3 is 2.17 bits per heavy atom. The van der Waals surface area contributed by atoms with Gasteiger partial charge in [-0.1, -0.05) is 42.5 Å². The smallest absolute Gasteiger partial charge is 0.212 e. The number of rotatable bonds is 5. The first-order chi connectivity index (χ1) is 11.5. The van der Waals surface area contributed by atoms with Crippen molar-refractivity contribution >= 4 is 10.0 Å². The zero-order valence-corrected chi connectivity index (χ0v) is 14.4. The molecule has 128 valence electrons. The van der Waals surface area contributed by atoms with Crippen LogP contribution in [0.1, 0.15) is 24.0 Å². The Labute approximate surface area is 143 Å². The Bertz CT molecular complexity index is 752. The molecule has 0 amide bonds. The lowest BCUT2D eigenvalue weighted by Gasteiger charge is -2.31. The molecule has 0 radical (unpaired) electrons. The van der Waals surface area contributed by atoms with E-state index in [0.29, 0.717) is 24.6 Å². The average Bonchev–Trinajstić information content (AvgIpc) is 2.58. The zero-order valence-electron chi connectivity index (χ0n) is 13.6. The van der Waals surface area contributed by atoms with Crippen molar-refractivity contribution in [2.45, 2.75) is 25.0 Å². The molecule has 0 unspecified atom stereocenters. The third-order valence-electron chi connectivity index (χ3n) is 4.60. The minimum absolute atomic E-state index is 0.0589. The maximum Gasteiger partial charge on any atom is 0.218 e.